The van der Waals surface area contributed by atoms with Gasteiger partial charge in [0, 0.05) is 19.0 Å². The van der Waals surface area contributed by atoms with Gasteiger partial charge in [-0.05, 0) is 38.2 Å². The summed E-state index contributed by atoms with van der Waals surface area (Å²) in [5.74, 6) is 1.09. The number of fused-ring (bicyclic) bond motifs is 1. The van der Waals surface area contributed by atoms with E-state index in [4.69, 9.17) is 9.47 Å². The molecule has 0 spiro atoms. The molecule has 0 radical (unpaired) electrons. The van der Waals surface area contributed by atoms with Crippen LogP contribution in [-0.4, -0.2) is 52.7 Å². The summed E-state index contributed by atoms with van der Waals surface area (Å²) in [5.41, 5.74) is 0. The Hall–Kier alpha value is -1.31. The highest BCUT2D eigenvalue weighted by molar-refractivity contribution is 7.89. The first-order chi connectivity index (χ1) is 11.1. The smallest absolute Gasteiger partial charge is 0.240 e. The molecular weight excluding hydrogens is 316 g/mol. The highest BCUT2D eigenvalue weighted by Gasteiger charge is 2.18. The number of sulfonamides is 1. The molecule has 2 rings (SSSR count). The standard InChI is InChI=1S/C16H26N2O4S/c1-3-18(4-2)10-5-9-17-23(19,20)14-7-8-15-16(13-14)22-12-6-11-21-15/h7-8,13,17H,3-6,9-12H2,1-2H3. The van der Waals surface area contributed by atoms with E-state index in [1.807, 2.05) is 0 Å². The molecular formula is C16H26N2O4S. The monoisotopic (exact) mass is 342 g/mol. The van der Waals surface area contributed by atoms with Crippen LogP contribution in [0.15, 0.2) is 23.1 Å². The van der Waals surface area contributed by atoms with Crippen molar-refractivity contribution in [3.63, 3.8) is 0 Å². The minimum absolute atomic E-state index is 0.213. The Morgan fingerprint density at radius 1 is 1.13 bits per heavy atom. The molecule has 1 aromatic carbocycles. The van der Waals surface area contributed by atoms with Gasteiger partial charge in [-0.1, -0.05) is 13.8 Å². The molecule has 0 amide bonds. The van der Waals surface area contributed by atoms with Crippen LogP contribution in [0, 0.1) is 0 Å². The SMILES string of the molecule is CCN(CC)CCCNS(=O)(=O)c1ccc2c(c1)OCCCO2. The molecule has 1 aliphatic rings. The van der Waals surface area contributed by atoms with Crippen LogP contribution < -0.4 is 14.2 Å². The third kappa shape index (κ3) is 5.09. The van der Waals surface area contributed by atoms with Gasteiger partial charge < -0.3 is 14.4 Å². The van der Waals surface area contributed by atoms with E-state index in [2.05, 4.69) is 23.5 Å². The molecule has 0 fully saturated rings. The normalized spacial score (nSPS) is 14.7. The zero-order valence-electron chi connectivity index (χ0n) is 13.9. The molecule has 0 saturated carbocycles. The van der Waals surface area contributed by atoms with Crippen molar-refractivity contribution in [1.29, 1.82) is 0 Å². The van der Waals surface area contributed by atoms with E-state index in [0.717, 1.165) is 32.5 Å². The lowest BCUT2D eigenvalue weighted by atomic mass is 10.3. The van der Waals surface area contributed by atoms with Gasteiger partial charge in [0.05, 0.1) is 18.1 Å². The van der Waals surface area contributed by atoms with Gasteiger partial charge in [-0.2, -0.15) is 0 Å². The van der Waals surface area contributed by atoms with Gasteiger partial charge in [-0.25, -0.2) is 13.1 Å². The predicted octanol–water partition coefficient (Wildman–Crippen LogP) is 1.86. The lowest BCUT2D eigenvalue weighted by Gasteiger charge is -2.17. The highest BCUT2D eigenvalue weighted by atomic mass is 32.2. The van der Waals surface area contributed by atoms with Crippen LogP contribution >= 0.6 is 0 Å². The van der Waals surface area contributed by atoms with Crippen LogP contribution in [0.25, 0.3) is 0 Å². The van der Waals surface area contributed by atoms with Crippen LogP contribution in [0.1, 0.15) is 26.7 Å². The van der Waals surface area contributed by atoms with Crippen molar-refractivity contribution in [2.45, 2.75) is 31.6 Å². The van der Waals surface area contributed by atoms with E-state index in [1.165, 1.54) is 6.07 Å². The maximum atomic E-state index is 12.4. The fourth-order valence-corrected chi connectivity index (χ4v) is 3.53. The fraction of sp³-hybridized carbons (Fsp3) is 0.625. The largest absolute Gasteiger partial charge is 0.490 e. The molecule has 6 nitrogen and oxygen atoms in total. The van der Waals surface area contributed by atoms with Gasteiger partial charge in [0.1, 0.15) is 0 Å². The molecule has 1 aromatic rings. The molecule has 1 heterocycles. The topological polar surface area (TPSA) is 67.9 Å². The maximum Gasteiger partial charge on any atom is 0.240 e. The van der Waals surface area contributed by atoms with E-state index < -0.39 is 10.0 Å². The maximum absolute atomic E-state index is 12.4. The molecule has 1 aliphatic heterocycles. The van der Waals surface area contributed by atoms with Crippen LogP contribution in [0.4, 0.5) is 0 Å². The second kappa shape index (κ2) is 8.52. The molecule has 0 atom stereocenters. The van der Waals surface area contributed by atoms with Crippen LogP contribution in [-0.2, 0) is 10.0 Å². The van der Waals surface area contributed by atoms with Gasteiger partial charge in [0.15, 0.2) is 11.5 Å². The third-order valence-electron chi connectivity index (χ3n) is 3.87. The minimum atomic E-state index is -3.52. The average Bonchev–Trinajstić information content (AvgIpc) is 2.79. The summed E-state index contributed by atoms with van der Waals surface area (Å²) >= 11 is 0. The predicted molar refractivity (Wildman–Crippen MR) is 89.6 cm³/mol. The van der Waals surface area contributed by atoms with Crippen LogP contribution in [0.2, 0.25) is 0 Å². The third-order valence-corrected chi connectivity index (χ3v) is 5.33. The Kier molecular flexibility index (Phi) is 6.68. The molecule has 0 bridgehead atoms. The summed E-state index contributed by atoms with van der Waals surface area (Å²) in [7, 11) is -3.52. The number of hydrogen-bond donors (Lipinski definition) is 1. The highest BCUT2D eigenvalue weighted by Crippen LogP contribution is 2.31. The van der Waals surface area contributed by atoms with Gasteiger partial charge in [0.2, 0.25) is 10.0 Å². The van der Waals surface area contributed by atoms with Gasteiger partial charge >= 0.3 is 0 Å². The molecule has 0 saturated heterocycles. The van der Waals surface area contributed by atoms with Crippen molar-refractivity contribution in [3.05, 3.63) is 18.2 Å². The van der Waals surface area contributed by atoms with Gasteiger partial charge in [0.25, 0.3) is 0 Å². The van der Waals surface area contributed by atoms with Crippen molar-refractivity contribution < 1.29 is 17.9 Å². The lowest BCUT2D eigenvalue weighted by Crippen LogP contribution is -2.30. The lowest BCUT2D eigenvalue weighted by molar-refractivity contribution is 0.297. The number of nitrogens with one attached hydrogen (secondary N) is 1. The average molecular weight is 342 g/mol. The molecule has 7 heteroatoms. The van der Waals surface area contributed by atoms with Crippen molar-refractivity contribution in [3.8, 4) is 11.5 Å². The Bertz CT molecular complexity index is 600. The molecule has 130 valence electrons. The molecule has 0 aliphatic carbocycles. The van der Waals surface area contributed by atoms with E-state index in [-0.39, 0.29) is 4.90 Å². The Balaban J connectivity index is 1.95. The number of ether oxygens (including phenoxy) is 2. The van der Waals surface area contributed by atoms with E-state index >= 15 is 0 Å². The summed E-state index contributed by atoms with van der Waals surface area (Å²) in [6.07, 6.45) is 1.58. The van der Waals surface area contributed by atoms with Crippen molar-refractivity contribution in [2.24, 2.45) is 0 Å². The number of rotatable bonds is 8. The van der Waals surface area contributed by atoms with Gasteiger partial charge in [-0.15, -0.1) is 0 Å². The van der Waals surface area contributed by atoms with Crippen molar-refractivity contribution in [1.82, 2.24) is 9.62 Å². The first kappa shape index (κ1) is 18.0. The molecule has 1 N–H and O–H groups in total. The van der Waals surface area contributed by atoms with Gasteiger partial charge in [-0.3, -0.25) is 0 Å². The molecule has 0 aromatic heterocycles. The summed E-state index contributed by atoms with van der Waals surface area (Å²) in [6.45, 7) is 8.59. The second-order valence-corrected chi connectivity index (χ2v) is 7.20. The Labute approximate surface area is 138 Å². The quantitative estimate of drug-likeness (QED) is 0.731. The number of nitrogens with zero attached hydrogens (tertiary/aromatic N) is 1. The van der Waals surface area contributed by atoms with E-state index in [1.54, 1.807) is 12.1 Å². The summed E-state index contributed by atoms with van der Waals surface area (Å²) in [5, 5.41) is 0. The second-order valence-electron chi connectivity index (χ2n) is 5.44. The van der Waals surface area contributed by atoms with Crippen LogP contribution in [0.5, 0.6) is 11.5 Å². The summed E-state index contributed by atoms with van der Waals surface area (Å²) in [4.78, 5) is 2.48. The minimum Gasteiger partial charge on any atom is -0.490 e. The van der Waals surface area contributed by atoms with E-state index in [9.17, 15) is 8.42 Å². The Morgan fingerprint density at radius 2 is 1.83 bits per heavy atom. The molecule has 0 unspecified atom stereocenters. The zero-order chi connectivity index (χ0) is 16.7. The number of benzene rings is 1. The summed E-state index contributed by atoms with van der Waals surface area (Å²) < 4.78 is 38.5. The first-order valence-electron chi connectivity index (χ1n) is 8.18. The first-order valence-corrected chi connectivity index (χ1v) is 9.66. The van der Waals surface area contributed by atoms with Crippen molar-refractivity contribution in [2.75, 3.05) is 39.4 Å². The van der Waals surface area contributed by atoms with Crippen molar-refractivity contribution >= 4 is 10.0 Å². The van der Waals surface area contributed by atoms with E-state index in [0.29, 0.717) is 31.3 Å². The fourth-order valence-electron chi connectivity index (χ4n) is 2.44. The summed E-state index contributed by atoms with van der Waals surface area (Å²) in [6, 6.07) is 4.75. The Morgan fingerprint density at radius 3 is 2.52 bits per heavy atom. The zero-order valence-corrected chi connectivity index (χ0v) is 14.7. The van der Waals surface area contributed by atoms with Crippen LogP contribution in [0.3, 0.4) is 0 Å². The number of hydrogen-bond acceptors (Lipinski definition) is 5. The molecule has 23 heavy (non-hydrogen) atoms.